The summed E-state index contributed by atoms with van der Waals surface area (Å²) in [5, 5.41) is 32.8. The molecule has 0 saturated heterocycles. The van der Waals surface area contributed by atoms with Crippen molar-refractivity contribution < 1.29 is 39.3 Å². The number of nitrogen functional groups attached to an aromatic ring is 2. The first kappa shape index (κ1) is 30.6. The molecule has 2 atom stereocenters. The Balaban J connectivity index is 1.59. The first-order valence-electron chi connectivity index (χ1n) is 12.3. The van der Waals surface area contributed by atoms with Crippen molar-refractivity contribution in [3.63, 3.8) is 0 Å². The smallest absolute Gasteiger partial charge is 0.326 e. The second kappa shape index (κ2) is 13.4. The third-order valence-electron chi connectivity index (χ3n) is 6.18. The minimum absolute atomic E-state index is 0.0496. The number of carbonyl (C=O) groups excluding carboxylic acids is 2. The van der Waals surface area contributed by atoms with Crippen molar-refractivity contribution in [1.29, 1.82) is 0 Å². The summed E-state index contributed by atoms with van der Waals surface area (Å²) in [5.41, 5.74) is 13.8. The Morgan fingerprint density at radius 1 is 0.902 bits per heavy atom. The molecule has 0 saturated carbocycles. The van der Waals surface area contributed by atoms with E-state index in [4.69, 9.17) is 33.3 Å². The summed E-state index contributed by atoms with van der Waals surface area (Å²) in [6.07, 6.45) is 1.16. The fourth-order valence-corrected chi connectivity index (χ4v) is 4.34. The maximum atomic E-state index is 12.7. The number of carbonyl (C=O) groups is 5. The van der Waals surface area contributed by atoms with Gasteiger partial charge in [-0.3, -0.25) is 14.4 Å². The van der Waals surface area contributed by atoms with E-state index in [9.17, 15) is 29.1 Å². The number of halogens is 1. The molecule has 0 spiro atoms. The first-order chi connectivity index (χ1) is 19.3. The summed E-state index contributed by atoms with van der Waals surface area (Å²) < 4.78 is 0. The van der Waals surface area contributed by atoms with E-state index in [0.29, 0.717) is 23.9 Å². The Morgan fingerprint density at radius 3 is 2.17 bits per heavy atom. The van der Waals surface area contributed by atoms with Gasteiger partial charge in [-0.2, -0.15) is 9.97 Å². The van der Waals surface area contributed by atoms with Gasteiger partial charge in [0.2, 0.25) is 11.9 Å². The molecule has 41 heavy (non-hydrogen) atoms. The molecule has 0 unspecified atom stereocenters. The van der Waals surface area contributed by atoms with Gasteiger partial charge in [-0.1, -0.05) is 17.7 Å². The molecule has 0 radical (unpaired) electrons. The van der Waals surface area contributed by atoms with Crippen LogP contribution in [0.4, 0.5) is 11.8 Å². The number of benzene rings is 1. The predicted molar refractivity (Wildman–Crippen MR) is 146 cm³/mol. The summed E-state index contributed by atoms with van der Waals surface area (Å²) in [7, 11) is 0. The van der Waals surface area contributed by atoms with E-state index in [1.54, 1.807) is 12.3 Å². The molecule has 0 fully saturated rings. The molecule has 10 N–H and O–H groups in total. The highest BCUT2D eigenvalue weighted by atomic mass is 35.5. The third-order valence-corrected chi connectivity index (χ3v) is 6.53. The molecule has 3 rings (SSSR count). The first-order valence-corrected chi connectivity index (χ1v) is 12.7. The highest BCUT2D eigenvalue weighted by molar-refractivity contribution is 6.31. The zero-order valence-electron chi connectivity index (χ0n) is 21.5. The Hall–Kier alpha value is -4.92. The lowest BCUT2D eigenvalue weighted by molar-refractivity contribution is -0.143. The van der Waals surface area contributed by atoms with Crippen LogP contribution in [0.2, 0.25) is 5.02 Å². The van der Waals surface area contributed by atoms with Crippen molar-refractivity contribution >= 4 is 64.1 Å². The van der Waals surface area contributed by atoms with Crippen molar-refractivity contribution in [2.24, 2.45) is 0 Å². The SMILES string of the molecule is Nc1nc(N)c2c(CCc3ccc(C(=O)N[C@@H](CCC(=O)N[C@@H](CCC(=O)O)C(=O)O)C(=O)O)cc3Cl)c[nH]c2n1. The molecular weight excluding hydrogens is 562 g/mol. The van der Waals surface area contributed by atoms with Crippen LogP contribution in [0.3, 0.4) is 0 Å². The van der Waals surface area contributed by atoms with Crippen LogP contribution in [0.25, 0.3) is 11.0 Å². The van der Waals surface area contributed by atoms with Crippen molar-refractivity contribution in [2.75, 3.05) is 11.5 Å². The molecule has 0 aliphatic heterocycles. The predicted octanol–water partition coefficient (Wildman–Crippen LogP) is 0.958. The molecular formula is C25H28ClN7O8. The molecule has 218 valence electrons. The zero-order valence-corrected chi connectivity index (χ0v) is 22.3. The fourth-order valence-electron chi connectivity index (χ4n) is 4.07. The maximum absolute atomic E-state index is 12.7. The lowest BCUT2D eigenvalue weighted by Crippen LogP contribution is -2.44. The number of H-pyrrole nitrogens is 1. The molecule has 0 bridgehead atoms. The third kappa shape index (κ3) is 8.28. The summed E-state index contributed by atoms with van der Waals surface area (Å²) in [5.74, 6) is -5.31. The number of fused-ring (bicyclic) bond motifs is 1. The molecule has 1 aromatic carbocycles. The summed E-state index contributed by atoms with van der Waals surface area (Å²) in [4.78, 5) is 69.6. The van der Waals surface area contributed by atoms with E-state index in [1.807, 2.05) is 0 Å². The van der Waals surface area contributed by atoms with Crippen LogP contribution in [0, 0.1) is 0 Å². The zero-order chi connectivity index (χ0) is 30.3. The van der Waals surface area contributed by atoms with Gasteiger partial charge in [-0.15, -0.1) is 0 Å². The molecule has 2 heterocycles. The number of hydrogen-bond acceptors (Lipinski definition) is 9. The number of rotatable bonds is 14. The monoisotopic (exact) mass is 589 g/mol. The van der Waals surface area contributed by atoms with Crippen LogP contribution >= 0.6 is 11.6 Å². The Kier molecular flexibility index (Phi) is 10.0. The number of aliphatic carboxylic acids is 3. The van der Waals surface area contributed by atoms with Gasteiger partial charge in [0.25, 0.3) is 5.91 Å². The fraction of sp³-hybridized carbons (Fsp3) is 0.320. The second-order valence-corrected chi connectivity index (χ2v) is 9.51. The number of carboxylic acid groups (broad SMARTS) is 3. The van der Waals surface area contributed by atoms with Crippen LogP contribution in [-0.2, 0) is 32.0 Å². The van der Waals surface area contributed by atoms with Gasteiger partial charge in [0.15, 0.2) is 0 Å². The van der Waals surface area contributed by atoms with Gasteiger partial charge in [0.05, 0.1) is 5.39 Å². The average molecular weight is 590 g/mol. The normalized spacial score (nSPS) is 12.4. The number of amides is 2. The number of carboxylic acids is 3. The summed E-state index contributed by atoms with van der Waals surface area (Å²) in [6, 6.07) is 1.60. The van der Waals surface area contributed by atoms with E-state index < -0.39 is 54.6 Å². The summed E-state index contributed by atoms with van der Waals surface area (Å²) >= 11 is 6.40. The number of anilines is 2. The maximum Gasteiger partial charge on any atom is 0.326 e. The lowest BCUT2D eigenvalue weighted by Gasteiger charge is -2.17. The van der Waals surface area contributed by atoms with Crippen LogP contribution < -0.4 is 22.1 Å². The molecule has 2 aromatic heterocycles. The van der Waals surface area contributed by atoms with Crippen LogP contribution in [0.15, 0.2) is 24.4 Å². The molecule has 0 aliphatic rings. The number of aromatic nitrogens is 3. The Bertz CT molecular complexity index is 1490. The average Bonchev–Trinajstić information content (AvgIpc) is 3.30. The highest BCUT2D eigenvalue weighted by Crippen LogP contribution is 2.26. The van der Waals surface area contributed by atoms with E-state index in [-0.39, 0.29) is 35.2 Å². The van der Waals surface area contributed by atoms with Gasteiger partial charge in [-0.05, 0) is 48.9 Å². The molecule has 16 heteroatoms. The number of nitrogens with two attached hydrogens (primary N) is 2. The minimum atomic E-state index is -1.46. The molecule has 0 aliphatic carbocycles. The summed E-state index contributed by atoms with van der Waals surface area (Å²) in [6.45, 7) is 0. The number of aryl methyl sites for hydroxylation is 2. The van der Waals surface area contributed by atoms with Gasteiger partial charge in [-0.25, -0.2) is 9.59 Å². The molecule has 2 amide bonds. The quantitative estimate of drug-likeness (QED) is 0.131. The lowest BCUT2D eigenvalue weighted by atomic mass is 10.0. The van der Waals surface area contributed by atoms with Crippen LogP contribution in [-0.4, -0.2) is 72.1 Å². The van der Waals surface area contributed by atoms with Crippen molar-refractivity contribution in [3.8, 4) is 0 Å². The number of nitrogens with zero attached hydrogens (tertiary/aromatic N) is 2. The van der Waals surface area contributed by atoms with Gasteiger partial charge >= 0.3 is 17.9 Å². The van der Waals surface area contributed by atoms with E-state index in [2.05, 4.69) is 25.6 Å². The van der Waals surface area contributed by atoms with Gasteiger partial charge in [0.1, 0.15) is 23.5 Å². The topological polar surface area (TPSA) is 264 Å². The van der Waals surface area contributed by atoms with Crippen LogP contribution in [0.5, 0.6) is 0 Å². The van der Waals surface area contributed by atoms with Gasteiger partial charge in [0, 0.05) is 29.6 Å². The molecule has 15 nitrogen and oxygen atoms in total. The largest absolute Gasteiger partial charge is 0.481 e. The Labute approximate surface area is 237 Å². The van der Waals surface area contributed by atoms with Crippen molar-refractivity contribution in [2.45, 2.75) is 50.6 Å². The van der Waals surface area contributed by atoms with E-state index >= 15 is 0 Å². The van der Waals surface area contributed by atoms with Gasteiger partial charge < -0.3 is 42.4 Å². The van der Waals surface area contributed by atoms with E-state index in [0.717, 1.165) is 11.1 Å². The number of hydrogen-bond donors (Lipinski definition) is 8. The van der Waals surface area contributed by atoms with Crippen molar-refractivity contribution in [3.05, 3.63) is 46.1 Å². The number of nitrogens with one attached hydrogen (secondary N) is 3. The second-order valence-electron chi connectivity index (χ2n) is 9.10. The number of aromatic amines is 1. The Morgan fingerprint density at radius 2 is 1.54 bits per heavy atom. The standard InChI is InChI=1S/C25H28ClN7O8/c26-14-9-12(3-1-11(14)2-4-13-10-29-21-19(13)20(27)32-25(28)33-21)22(37)31-16(24(40)41)5-7-17(34)30-15(23(38)39)6-8-18(35)36/h1,3,9-10,15-16H,2,4-8H2,(H,30,34)(H,31,37)(H,35,36)(H,38,39)(H,40,41)(H5,27,28,29,32,33)/t15-,16-/m0/s1. The van der Waals surface area contributed by atoms with Crippen LogP contribution in [0.1, 0.15) is 47.2 Å². The van der Waals surface area contributed by atoms with Crippen molar-refractivity contribution in [1.82, 2.24) is 25.6 Å². The highest BCUT2D eigenvalue weighted by Gasteiger charge is 2.25. The van der Waals surface area contributed by atoms with E-state index in [1.165, 1.54) is 12.1 Å². The molecule has 3 aromatic rings. The minimum Gasteiger partial charge on any atom is -0.481 e.